The van der Waals surface area contributed by atoms with Crippen molar-refractivity contribution in [3.63, 3.8) is 0 Å². The van der Waals surface area contributed by atoms with Crippen LogP contribution in [0, 0.1) is 69.5 Å². The van der Waals surface area contributed by atoms with Crippen molar-refractivity contribution in [2.24, 2.45) is 69.5 Å². The first-order valence-corrected chi connectivity index (χ1v) is 21.7. The predicted molar refractivity (Wildman–Crippen MR) is 214 cm³/mol. The van der Waals surface area contributed by atoms with Gasteiger partial charge in [-0.2, -0.15) is 0 Å². The number of hydrogen-bond donors (Lipinski definition) is 2. The molecule has 0 radical (unpaired) electrons. The van der Waals surface area contributed by atoms with E-state index in [0.29, 0.717) is 47.9 Å². The van der Waals surface area contributed by atoms with Crippen molar-refractivity contribution in [2.75, 3.05) is 14.2 Å². The van der Waals surface area contributed by atoms with Crippen LogP contribution in [0.25, 0.3) is 0 Å². The average molecular weight is 841 g/mol. The van der Waals surface area contributed by atoms with Gasteiger partial charge in [0, 0.05) is 79.8 Å². The van der Waals surface area contributed by atoms with E-state index in [4.69, 9.17) is 9.84 Å². The molecule has 15 rings (SSSR count). The Morgan fingerprint density at radius 1 is 0.541 bits per heavy atom. The molecular weight excluding hydrogens is 785 g/mol. The third-order valence-corrected chi connectivity index (χ3v) is 15.7. The van der Waals surface area contributed by atoms with Crippen molar-refractivity contribution < 1.29 is 48.5 Å². The van der Waals surface area contributed by atoms with E-state index in [-0.39, 0.29) is 64.2 Å². The van der Waals surface area contributed by atoms with Gasteiger partial charge in [-0.15, -0.1) is 0 Å². The Hall–Kier alpha value is -5.12. The fraction of sp³-hybridized carbons (Fsp3) is 0.644. The van der Waals surface area contributed by atoms with Crippen LogP contribution in [0.15, 0.2) is 56.2 Å². The van der Waals surface area contributed by atoms with E-state index < -0.39 is 11.4 Å². The quantitative estimate of drug-likeness (QED) is 0.327. The molecule has 12 fully saturated rings. The Morgan fingerprint density at radius 2 is 0.869 bits per heavy atom. The van der Waals surface area contributed by atoms with Crippen LogP contribution in [0.1, 0.15) is 101 Å². The molecule has 16 nitrogen and oxygen atoms in total. The molecule has 12 saturated carbocycles. The molecule has 12 bridgehead atoms. The van der Waals surface area contributed by atoms with Gasteiger partial charge in [-0.25, -0.2) is 19.7 Å². The lowest BCUT2D eigenvalue weighted by Gasteiger charge is -2.54. The number of imidazole rings is 3. The van der Waals surface area contributed by atoms with Gasteiger partial charge in [-0.3, -0.25) is 42.5 Å². The maximum Gasteiger partial charge on any atom is 0.338 e. The highest BCUT2D eigenvalue weighted by Crippen LogP contribution is 2.61. The molecule has 0 aliphatic heterocycles. The fourth-order valence-electron chi connectivity index (χ4n) is 13.8. The zero-order valence-corrected chi connectivity index (χ0v) is 34.8. The Labute approximate surface area is 353 Å². The molecule has 16 heteroatoms. The number of rotatable bonds is 3. The normalized spacial score (nSPS) is 37.2. The van der Waals surface area contributed by atoms with E-state index in [0.717, 1.165) is 90.6 Å². The molecule has 3 aromatic heterocycles. The highest BCUT2D eigenvalue weighted by atomic mass is 16.5. The topological polar surface area (TPSA) is 223 Å². The van der Waals surface area contributed by atoms with Gasteiger partial charge in [0.15, 0.2) is 0 Å². The number of aliphatic carboxylic acids is 1. The van der Waals surface area contributed by atoms with Gasteiger partial charge in [-0.1, -0.05) is 0 Å². The Morgan fingerprint density at radius 3 is 1.21 bits per heavy atom. The second-order valence-corrected chi connectivity index (χ2v) is 19.4. The SMILES string of the molecule is CO.COC(=O)C12CC3CC(C1)C(=O)C(C3)C2.O=C(n1ccnc1)n1ccnc1.O=C1C2CC3CC1CC(C(=O)O)(C3)C2.O=C1C2CC3CC1CC(C(=O)n1ccnc1)(C3)C2. The van der Waals surface area contributed by atoms with Crippen molar-refractivity contribution in [1.29, 1.82) is 0 Å². The summed E-state index contributed by atoms with van der Waals surface area (Å²) in [6, 6.07) is -0.190. The molecule has 3 heterocycles. The van der Waals surface area contributed by atoms with Gasteiger partial charge < -0.3 is 14.9 Å². The number of aliphatic hydroxyl groups excluding tert-OH is 1. The Balaban J connectivity index is 0.000000112. The van der Waals surface area contributed by atoms with Crippen LogP contribution in [-0.4, -0.2) is 94.3 Å². The number of nitrogens with zero attached hydrogens (tertiary/aromatic N) is 6. The lowest BCUT2D eigenvalue weighted by Crippen LogP contribution is -2.55. The fourth-order valence-corrected chi connectivity index (χ4v) is 13.8. The number of ketones is 3. The third kappa shape index (κ3) is 7.73. The maximum absolute atomic E-state index is 12.7. The summed E-state index contributed by atoms with van der Waals surface area (Å²) in [5, 5.41) is 16.3. The van der Waals surface area contributed by atoms with Crippen LogP contribution in [0.3, 0.4) is 0 Å². The van der Waals surface area contributed by atoms with E-state index in [1.54, 1.807) is 48.1 Å². The molecule has 0 spiro atoms. The van der Waals surface area contributed by atoms with Gasteiger partial charge in [0.05, 0.1) is 23.4 Å². The standard InChI is InChI=1S/C14H16N2O2.C12H16O3.C11H14O3.C7H6N4O.CH4O/c17-12-10-3-9-4-11(12)7-14(5-9,6-10)13(18)16-2-1-15-8-16;1-15-11(14)12-4-7-2-8(5-12)10(13)9(3-7)6-12;12-9-7-1-6-2-8(9)5-11(3-6,4-7)10(13)14;12-7(10-3-1-8-5-10)11-4-2-9-6-11;1-2/h1-2,8-11H,3-7H2;7-9H,2-6H2,1H3;6-8H,1-5H2,(H,13,14);1-6H;2H,1H3. The van der Waals surface area contributed by atoms with Crippen molar-refractivity contribution in [1.82, 2.24) is 28.7 Å². The number of hydrogen-bond acceptors (Lipinski definition) is 12. The molecule has 12 aliphatic rings. The van der Waals surface area contributed by atoms with E-state index >= 15 is 0 Å². The second-order valence-electron chi connectivity index (χ2n) is 19.4. The number of carboxylic acids is 1. The number of ether oxygens (including phenoxy) is 1. The van der Waals surface area contributed by atoms with E-state index in [1.807, 2.05) is 0 Å². The molecule has 326 valence electrons. The summed E-state index contributed by atoms with van der Waals surface area (Å²) in [6.07, 6.45) is 27.2. The summed E-state index contributed by atoms with van der Waals surface area (Å²) >= 11 is 0. The van der Waals surface area contributed by atoms with Crippen LogP contribution >= 0.6 is 0 Å². The highest BCUT2D eigenvalue weighted by molar-refractivity contribution is 5.93. The molecule has 3 aromatic rings. The molecule has 61 heavy (non-hydrogen) atoms. The van der Waals surface area contributed by atoms with E-state index in [1.165, 1.54) is 28.9 Å². The summed E-state index contributed by atoms with van der Waals surface area (Å²) in [5.74, 6) is 3.13. The molecule has 2 N–H and O–H groups in total. The van der Waals surface area contributed by atoms with Crippen LogP contribution in [0.4, 0.5) is 4.79 Å². The number of carbonyl (C=O) groups excluding carboxylic acids is 6. The first kappa shape index (κ1) is 42.6. The maximum atomic E-state index is 12.7. The minimum absolute atomic E-state index is 0.0746. The zero-order chi connectivity index (χ0) is 43.3. The Kier molecular flexibility index (Phi) is 11.6. The van der Waals surface area contributed by atoms with Crippen molar-refractivity contribution >= 4 is 41.2 Å². The van der Waals surface area contributed by atoms with Gasteiger partial charge in [0.1, 0.15) is 36.3 Å². The number of carbonyl (C=O) groups is 7. The summed E-state index contributed by atoms with van der Waals surface area (Å²) in [6.45, 7) is 0. The minimum Gasteiger partial charge on any atom is -0.481 e. The summed E-state index contributed by atoms with van der Waals surface area (Å²) in [4.78, 5) is 94.4. The predicted octanol–water partition coefficient (Wildman–Crippen LogP) is 5.14. The molecule has 0 amide bonds. The van der Waals surface area contributed by atoms with Crippen molar-refractivity contribution in [2.45, 2.75) is 96.3 Å². The van der Waals surface area contributed by atoms with Gasteiger partial charge >= 0.3 is 18.0 Å². The first-order valence-electron chi connectivity index (χ1n) is 21.7. The summed E-state index contributed by atoms with van der Waals surface area (Å²) in [7, 11) is 2.46. The van der Waals surface area contributed by atoms with Crippen LogP contribution in [0.5, 0.6) is 0 Å². The first-order chi connectivity index (χ1) is 29.3. The zero-order valence-electron chi connectivity index (χ0n) is 34.8. The number of methoxy groups -OCH3 is 1. The number of esters is 1. The third-order valence-electron chi connectivity index (χ3n) is 15.7. The lowest BCUT2D eigenvalue weighted by molar-refractivity contribution is -0.172. The number of carboxylic acid groups (broad SMARTS) is 1. The molecule has 12 aliphatic carbocycles. The van der Waals surface area contributed by atoms with Crippen molar-refractivity contribution in [3.8, 4) is 0 Å². The van der Waals surface area contributed by atoms with Crippen molar-refractivity contribution in [3.05, 3.63) is 56.2 Å². The monoisotopic (exact) mass is 840 g/mol. The smallest absolute Gasteiger partial charge is 0.338 e. The molecule has 6 atom stereocenters. The van der Waals surface area contributed by atoms with E-state index in [9.17, 15) is 38.7 Å². The van der Waals surface area contributed by atoms with Gasteiger partial charge in [0.2, 0.25) is 5.91 Å². The molecular formula is C45H56N6O10. The minimum atomic E-state index is -0.663. The number of aliphatic hydroxyl groups is 1. The van der Waals surface area contributed by atoms with E-state index in [2.05, 4.69) is 15.0 Å². The van der Waals surface area contributed by atoms with Gasteiger partial charge in [0.25, 0.3) is 0 Å². The number of aromatic nitrogens is 6. The summed E-state index contributed by atoms with van der Waals surface area (Å²) < 4.78 is 9.28. The van der Waals surface area contributed by atoms with Crippen LogP contribution < -0.4 is 0 Å². The Bertz CT molecular complexity index is 2060. The molecule has 0 aromatic carbocycles. The second kappa shape index (κ2) is 16.6. The number of Topliss-reactive ketones (excluding diaryl/α,β-unsaturated/α-hetero) is 3. The van der Waals surface area contributed by atoms with Gasteiger partial charge in [-0.05, 0) is 114 Å². The molecule has 0 saturated heterocycles. The summed E-state index contributed by atoms with van der Waals surface area (Å²) in [5.41, 5.74) is -1.09. The van der Waals surface area contributed by atoms with Crippen LogP contribution in [-0.2, 0) is 28.7 Å². The lowest BCUT2D eigenvalue weighted by atomic mass is 9.49. The molecule has 6 unspecified atom stereocenters. The highest BCUT2D eigenvalue weighted by Gasteiger charge is 2.61. The average Bonchev–Trinajstić information content (AvgIpc) is 4.09. The largest absolute Gasteiger partial charge is 0.481 e. The van der Waals surface area contributed by atoms with Crippen LogP contribution in [0.2, 0.25) is 0 Å².